The number of hydrogen-bond acceptors (Lipinski definition) is 4. The summed E-state index contributed by atoms with van der Waals surface area (Å²) in [7, 11) is -1.41. The van der Waals surface area contributed by atoms with Crippen molar-refractivity contribution in [2.75, 3.05) is 12.4 Å². The van der Waals surface area contributed by atoms with Crippen LogP contribution < -0.4 is 15.8 Å². The number of urea groups is 1. The van der Waals surface area contributed by atoms with Gasteiger partial charge in [0, 0.05) is 12.2 Å². The molecule has 8 heteroatoms. The van der Waals surface area contributed by atoms with Gasteiger partial charge in [-0.05, 0) is 78.4 Å². The molecule has 0 saturated heterocycles. The van der Waals surface area contributed by atoms with Crippen LogP contribution in [0.15, 0.2) is 26.1 Å². The minimum Gasteiger partial charge on any atom is -0.316 e. The van der Waals surface area contributed by atoms with Crippen LogP contribution in [-0.2, 0) is 42.1 Å². The first kappa shape index (κ1) is 17.7. The van der Waals surface area contributed by atoms with Gasteiger partial charge in [-0.25, -0.2) is 14.1 Å². The van der Waals surface area contributed by atoms with Crippen LogP contribution in [0.25, 0.3) is 0 Å². The number of nitrogens with one attached hydrogen (secondary N) is 2. The Morgan fingerprint density at radius 3 is 2.73 bits per heavy atom. The Morgan fingerprint density at radius 1 is 1.23 bits per heavy atom. The molecular weight excluding hydrogens is 368 g/mol. The molecule has 26 heavy (non-hydrogen) atoms. The highest BCUT2D eigenvalue weighted by atomic mass is 32.2. The summed E-state index contributed by atoms with van der Waals surface area (Å²) in [6.45, 7) is 0.653. The molecule has 2 amide bonds. The zero-order valence-electron chi connectivity index (χ0n) is 14.6. The standard InChI is InChI=1S/C18H22N4O2S2/c1-20-9-11-7-16(25-10-11)26(19,24)22-18(23)21-17-14-4-2-3-12(14)8-13-5-6-15(13)17/h7-8,10,20H,2-6,9H2,1H3,(H3,19,21,22,23,24)/t26-/m1/s1. The first-order valence-corrected chi connectivity index (χ1v) is 11.2. The number of nitrogens with two attached hydrogens (primary N) is 1. The van der Waals surface area contributed by atoms with Crippen LogP contribution >= 0.6 is 11.3 Å². The molecule has 2 aliphatic carbocycles. The molecule has 1 heterocycles. The van der Waals surface area contributed by atoms with E-state index < -0.39 is 15.9 Å². The summed E-state index contributed by atoms with van der Waals surface area (Å²) >= 11 is 1.27. The molecule has 1 atom stereocenters. The van der Waals surface area contributed by atoms with E-state index in [0.29, 0.717) is 10.8 Å². The highest BCUT2D eigenvalue weighted by molar-refractivity contribution is 7.93. The lowest BCUT2D eigenvalue weighted by Gasteiger charge is -2.25. The molecule has 0 spiro atoms. The Kier molecular flexibility index (Phi) is 4.60. The summed E-state index contributed by atoms with van der Waals surface area (Å²) in [4.78, 5) is 12.5. The third kappa shape index (κ3) is 3.18. The fraction of sp³-hybridized carbons (Fsp3) is 0.389. The Hall–Kier alpha value is -1.74. The van der Waals surface area contributed by atoms with Crippen LogP contribution in [0.3, 0.4) is 0 Å². The molecule has 0 fully saturated rings. The third-order valence-corrected chi connectivity index (χ3v) is 7.90. The molecule has 2 aromatic rings. The van der Waals surface area contributed by atoms with Crippen molar-refractivity contribution in [1.82, 2.24) is 5.32 Å². The smallest absolute Gasteiger partial charge is 0.316 e. The molecule has 0 radical (unpaired) electrons. The van der Waals surface area contributed by atoms with Gasteiger partial charge in [0.1, 0.15) is 4.21 Å². The van der Waals surface area contributed by atoms with Crippen LogP contribution in [0.4, 0.5) is 10.5 Å². The van der Waals surface area contributed by atoms with Gasteiger partial charge in [0.15, 0.2) is 9.92 Å². The molecule has 0 aliphatic heterocycles. The van der Waals surface area contributed by atoms with E-state index in [-0.39, 0.29) is 0 Å². The quantitative estimate of drug-likeness (QED) is 0.749. The normalized spacial score (nSPS) is 17.0. The van der Waals surface area contributed by atoms with Gasteiger partial charge in [-0.2, -0.15) is 0 Å². The van der Waals surface area contributed by atoms with Crippen molar-refractivity contribution >= 4 is 33.0 Å². The molecular formula is C18H22N4O2S2. The SMILES string of the molecule is CNCc1csc([S@](N)(=O)=NC(=O)Nc2c3c(cc4c2CC4)CCC3)c1. The maximum atomic E-state index is 12.7. The minimum atomic E-state index is -3.24. The van der Waals surface area contributed by atoms with Crippen molar-refractivity contribution in [3.8, 4) is 0 Å². The van der Waals surface area contributed by atoms with Gasteiger partial charge in [0.25, 0.3) is 0 Å². The second-order valence-electron chi connectivity index (χ2n) is 6.77. The number of hydrogen-bond donors (Lipinski definition) is 3. The summed E-state index contributed by atoms with van der Waals surface area (Å²) in [5.41, 5.74) is 6.90. The third-order valence-electron chi connectivity index (χ3n) is 4.99. The van der Waals surface area contributed by atoms with Gasteiger partial charge in [-0.3, -0.25) is 0 Å². The first-order valence-electron chi connectivity index (χ1n) is 8.72. The van der Waals surface area contributed by atoms with E-state index in [1.165, 1.54) is 33.6 Å². The fourth-order valence-corrected chi connectivity index (χ4v) is 5.84. The molecule has 0 saturated carbocycles. The topological polar surface area (TPSA) is 96.6 Å². The zero-order valence-corrected chi connectivity index (χ0v) is 16.3. The number of thiophene rings is 1. The van der Waals surface area contributed by atoms with Gasteiger partial charge in [-0.1, -0.05) is 6.07 Å². The first-order chi connectivity index (χ1) is 12.5. The molecule has 4 rings (SSSR count). The molecule has 0 bridgehead atoms. The number of amides is 2. The second-order valence-corrected chi connectivity index (χ2v) is 9.70. The van der Waals surface area contributed by atoms with Gasteiger partial charge in [0.05, 0.1) is 0 Å². The summed E-state index contributed by atoms with van der Waals surface area (Å²) in [5.74, 6) is 0. The van der Waals surface area contributed by atoms with Crippen LogP contribution in [-0.4, -0.2) is 17.3 Å². The van der Waals surface area contributed by atoms with Crippen LogP contribution in [0.2, 0.25) is 0 Å². The van der Waals surface area contributed by atoms with E-state index in [4.69, 9.17) is 5.14 Å². The Morgan fingerprint density at radius 2 is 2.00 bits per heavy atom. The largest absolute Gasteiger partial charge is 0.354 e. The van der Waals surface area contributed by atoms with E-state index in [0.717, 1.165) is 43.4 Å². The van der Waals surface area contributed by atoms with Gasteiger partial charge in [0.2, 0.25) is 0 Å². The number of fused-ring (bicyclic) bond motifs is 2. The highest BCUT2D eigenvalue weighted by Gasteiger charge is 2.26. The molecule has 0 unspecified atom stereocenters. The molecule has 1 aromatic carbocycles. The maximum Gasteiger partial charge on any atom is 0.354 e. The predicted molar refractivity (Wildman–Crippen MR) is 105 cm³/mol. The number of carbonyl (C=O) groups is 1. The number of aryl methyl sites for hydroxylation is 2. The maximum absolute atomic E-state index is 12.7. The molecule has 1 aromatic heterocycles. The van der Waals surface area contributed by atoms with Crippen LogP contribution in [0.1, 0.15) is 34.2 Å². The van der Waals surface area contributed by atoms with Crippen molar-refractivity contribution in [3.05, 3.63) is 45.3 Å². The average molecular weight is 391 g/mol. The lowest BCUT2D eigenvalue weighted by Crippen LogP contribution is -2.20. The molecule has 138 valence electrons. The van der Waals surface area contributed by atoms with Gasteiger partial charge >= 0.3 is 6.03 Å². The van der Waals surface area contributed by atoms with Gasteiger partial charge in [-0.15, -0.1) is 15.7 Å². The number of carbonyl (C=O) groups excluding carboxylic acids is 1. The predicted octanol–water partition coefficient (Wildman–Crippen LogP) is 2.99. The number of anilines is 1. The zero-order chi connectivity index (χ0) is 18.3. The van der Waals surface area contributed by atoms with Crippen molar-refractivity contribution < 1.29 is 9.00 Å². The minimum absolute atomic E-state index is 0.421. The number of benzene rings is 1. The van der Waals surface area contributed by atoms with E-state index in [1.54, 1.807) is 6.07 Å². The van der Waals surface area contributed by atoms with Crippen LogP contribution in [0.5, 0.6) is 0 Å². The van der Waals surface area contributed by atoms with E-state index in [2.05, 4.69) is 21.1 Å². The summed E-state index contributed by atoms with van der Waals surface area (Å²) in [6, 6.07) is 3.39. The molecule has 2 aliphatic rings. The van der Waals surface area contributed by atoms with E-state index >= 15 is 0 Å². The number of nitrogens with zero attached hydrogens (tertiary/aromatic N) is 1. The monoisotopic (exact) mass is 390 g/mol. The van der Waals surface area contributed by atoms with Crippen molar-refractivity contribution in [2.45, 2.75) is 42.9 Å². The summed E-state index contributed by atoms with van der Waals surface area (Å²) < 4.78 is 17.0. The van der Waals surface area contributed by atoms with Crippen molar-refractivity contribution in [1.29, 1.82) is 0 Å². The fourth-order valence-electron chi connectivity index (χ4n) is 3.70. The number of rotatable bonds is 4. The van der Waals surface area contributed by atoms with E-state index in [9.17, 15) is 9.00 Å². The Labute approximate surface area is 157 Å². The van der Waals surface area contributed by atoms with Crippen molar-refractivity contribution in [3.63, 3.8) is 0 Å². The van der Waals surface area contributed by atoms with Crippen molar-refractivity contribution in [2.24, 2.45) is 9.50 Å². The van der Waals surface area contributed by atoms with E-state index in [1.807, 2.05) is 12.4 Å². The Balaban J connectivity index is 1.61. The highest BCUT2D eigenvalue weighted by Crippen LogP contribution is 2.39. The lowest BCUT2D eigenvalue weighted by atomic mass is 9.83. The second kappa shape index (κ2) is 6.77. The summed E-state index contributed by atoms with van der Waals surface area (Å²) in [6.07, 6.45) is 5.15. The lowest BCUT2D eigenvalue weighted by molar-refractivity contribution is 0.260. The van der Waals surface area contributed by atoms with Gasteiger partial charge < -0.3 is 10.6 Å². The Bertz CT molecular complexity index is 1000. The van der Waals surface area contributed by atoms with Crippen LogP contribution in [0, 0.1) is 0 Å². The summed E-state index contributed by atoms with van der Waals surface area (Å²) in [5, 5.41) is 13.7. The molecule has 4 N–H and O–H groups in total. The molecule has 6 nitrogen and oxygen atoms in total. The average Bonchev–Trinajstić information content (AvgIpc) is 3.19.